The quantitative estimate of drug-likeness (QED) is 0.177. The lowest BCUT2D eigenvalue weighted by Crippen LogP contribution is -2.58. The molecule has 0 bridgehead atoms. The van der Waals surface area contributed by atoms with Crippen LogP contribution in [0.3, 0.4) is 0 Å². The van der Waals surface area contributed by atoms with Crippen molar-refractivity contribution in [3.8, 4) is 11.5 Å². The Morgan fingerprint density at radius 2 is 1.54 bits per heavy atom. The van der Waals surface area contributed by atoms with Crippen molar-refractivity contribution >= 4 is 35.3 Å². The summed E-state index contributed by atoms with van der Waals surface area (Å²) in [5.41, 5.74) is 4.69. The zero-order valence-corrected chi connectivity index (χ0v) is 32.3. The van der Waals surface area contributed by atoms with Gasteiger partial charge in [0, 0.05) is 68.8 Å². The molecule has 13 nitrogen and oxygen atoms in total. The SMILES string of the molecule is CC(C)(c1ccc(OCc2ccnc(N3CCC4(CC3)CNC4)n2)cc1)c1ccc(O[C@H]2C[C@@H](Nc3ccc4c(c3)C(=O)N(C3CCC(=O)NC3=O)C4=O)C2)cc1. The van der Waals surface area contributed by atoms with E-state index in [1.807, 2.05) is 36.5 Å². The molecule has 1 atom stereocenters. The van der Waals surface area contributed by atoms with Crippen LogP contribution < -0.4 is 30.3 Å². The van der Waals surface area contributed by atoms with Crippen molar-refractivity contribution < 1.29 is 28.7 Å². The van der Waals surface area contributed by atoms with E-state index in [2.05, 4.69) is 63.9 Å². The molecule has 1 saturated carbocycles. The number of nitrogens with one attached hydrogen (secondary N) is 3. The van der Waals surface area contributed by atoms with Crippen LogP contribution in [0.15, 0.2) is 79.0 Å². The second-order valence-electron chi connectivity index (χ2n) is 16.7. The monoisotopic (exact) mass is 769 g/mol. The molecule has 4 aromatic rings. The number of nitrogens with zero attached hydrogens (tertiary/aromatic N) is 4. The minimum Gasteiger partial charge on any atom is -0.490 e. The van der Waals surface area contributed by atoms with Crippen molar-refractivity contribution in [2.75, 3.05) is 36.4 Å². The Hall–Kier alpha value is -5.82. The van der Waals surface area contributed by atoms with E-state index in [4.69, 9.17) is 14.5 Å². The van der Waals surface area contributed by atoms with Gasteiger partial charge in [0.05, 0.1) is 16.8 Å². The Morgan fingerprint density at radius 1 is 0.860 bits per heavy atom. The minimum absolute atomic E-state index is 0.0468. The molecule has 1 spiro atoms. The summed E-state index contributed by atoms with van der Waals surface area (Å²) in [7, 11) is 0. The highest BCUT2D eigenvalue weighted by Crippen LogP contribution is 2.37. The summed E-state index contributed by atoms with van der Waals surface area (Å²) < 4.78 is 12.4. The molecule has 3 aromatic carbocycles. The molecular formula is C44H47N7O6. The van der Waals surface area contributed by atoms with Crippen molar-refractivity contribution in [2.45, 2.75) is 82.6 Å². The van der Waals surface area contributed by atoms with Crippen LogP contribution in [0.5, 0.6) is 11.5 Å². The number of ether oxygens (including phenoxy) is 2. The molecule has 4 amide bonds. The van der Waals surface area contributed by atoms with Crippen LogP contribution in [0, 0.1) is 5.41 Å². The van der Waals surface area contributed by atoms with Crippen molar-refractivity contribution in [3.63, 3.8) is 0 Å². The molecule has 4 aliphatic heterocycles. The predicted octanol–water partition coefficient (Wildman–Crippen LogP) is 4.99. The lowest BCUT2D eigenvalue weighted by Gasteiger charge is -2.48. The average molecular weight is 770 g/mol. The fourth-order valence-electron chi connectivity index (χ4n) is 8.64. The number of aromatic nitrogens is 2. The number of anilines is 2. The third-order valence-electron chi connectivity index (χ3n) is 12.6. The Bertz CT molecular complexity index is 2200. The highest BCUT2D eigenvalue weighted by molar-refractivity contribution is 6.23. The zero-order chi connectivity index (χ0) is 39.3. The number of piperidine rings is 2. The lowest BCUT2D eigenvalue weighted by molar-refractivity contribution is -0.136. The number of carbonyl (C=O) groups is 4. The Labute approximate surface area is 331 Å². The van der Waals surface area contributed by atoms with E-state index in [1.54, 1.807) is 18.2 Å². The van der Waals surface area contributed by atoms with Gasteiger partial charge in [-0.2, -0.15) is 0 Å². The van der Waals surface area contributed by atoms with Gasteiger partial charge in [-0.25, -0.2) is 9.97 Å². The van der Waals surface area contributed by atoms with Crippen LogP contribution in [0.4, 0.5) is 11.6 Å². The second kappa shape index (κ2) is 14.6. The van der Waals surface area contributed by atoms with Crippen LogP contribution in [0.25, 0.3) is 0 Å². The number of carbonyl (C=O) groups excluding carboxylic acids is 4. The molecular weight excluding hydrogens is 723 g/mol. The summed E-state index contributed by atoms with van der Waals surface area (Å²) in [5, 5.41) is 9.10. The zero-order valence-electron chi connectivity index (χ0n) is 32.3. The van der Waals surface area contributed by atoms with Gasteiger partial charge in [0.15, 0.2) is 0 Å². The molecule has 4 fully saturated rings. The van der Waals surface area contributed by atoms with Gasteiger partial charge in [-0.3, -0.25) is 29.4 Å². The Kier molecular flexibility index (Phi) is 9.42. The minimum atomic E-state index is -0.985. The van der Waals surface area contributed by atoms with Crippen LogP contribution in [0.2, 0.25) is 0 Å². The summed E-state index contributed by atoms with van der Waals surface area (Å²) in [6.45, 7) is 9.04. The van der Waals surface area contributed by atoms with E-state index in [0.29, 0.717) is 12.0 Å². The van der Waals surface area contributed by atoms with Crippen molar-refractivity contribution in [1.29, 1.82) is 0 Å². The number of hydrogen-bond donors (Lipinski definition) is 3. The van der Waals surface area contributed by atoms with Crippen molar-refractivity contribution in [2.24, 2.45) is 5.41 Å². The first-order valence-electron chi connectivity index (χ1n) is 19.9. The number of imide groups is 2. The first-order valence-corrected chi connectivity index (χ1v) is 19.9. The summed E-state index contributed by atoms with van der Waals surface area (Å²) in [4.78, 5) is 62.8. The number of amides is 4. The topological polar surface area (TPSA) is 155 Å². The van der Waals surface area contributed by atoms with Crippen molar-refractivity contribution in [1.82, 2.24) is 25.5 Å². The fourth-order valence-corrected chi connectivity index (χ4v) is 8.64. The molecule has 1 unspecified atom stereocenters. The van der Waals surface area contributed by atoms with E-state index < -0.39 is 29.7 Å². The number of rotatable bonds is 11. The maximum absolute atomic E-state index is 13.2. The van der Waals surface area contributed by atoms with Crippen molar-refractivity contribution in [3.05, 3.63) is 107 Å². The molecule has 1 aromatic heterocycles. The van der Waals surface area contributed by atoms with Crippen LogP contribution in [-0.2, 0) is 21.6 Å². The third-order valence-corrected chi connectivity index (χ3v) is 12.6. The van der Waals surface area contributed by atoms with Gasteiger partial charge in [0.25, 0.3) is 11.8 Å². The van der Waals surface area contributed by atoms with Crippen LogP contribution in [0.1, 0.15) is 89.9 Å². The molecule has 1 aliphatic carbocycles. The van der Waals surface area contributed by atoms with Gasteiger partial charge in [-0.05, 0) is 84.3 Å². The van der Waals surface area contributed by atoms with Gasteiger partial charge in [-0.15, -0.1) is 0 Å². The molecule has 3 N–H and O–H groups in total. The Morgan fingerprint density at radius 3 is 2.21 bits per heavy atom. The molecule has 5 aliphatic rings. The highest BCUT2D eigenvalue weighted by atomic mass is 16.5. The number of benzene rings is 3. The fraction of sp³-hybridized carbons (Fsp3) is 0.409. The first-order chi connectivity index (χ1) is 27.5. The van der Waals surface area contributed by atoms with Gasteiger partial charge >= 0.3 is 0 Å². The van der Waals surface area contributed by atoms with E-state index in [-0.39, 0.29) is 41.5 Å². The predicted molar refractivity (Wildman–Crippen MR) is 212 cm³/mol. The molecule has 0 radical (unpaired) electrons. The van der Waals surface area contributed by atoms with E-state index in [1.165, 1.54) is 24.0 Å². The average Bonchev–Trinajstić information content (AvgIpc) is 3.44. The lowest BCUT2D eigenvalue weighted by atomic mass is 9.73. The Balaban J connectivity index is 0.744. The van der Waals surface area contributed by atoms with E-state index in [9.17, 15) is 19.2 Å². The molecule has 57 heavy (non-hydrogen) atoms. The number of hydrogen-bond acceptors (Lipinski definition) is 11. The summed E-state index contributed by atoms with van der Waals surface area (Å²) in [5.74, 6) is 0.342. The third kappa shape index (κ3) is 7.20. The van der Waals surface area contributed by atoms with Gasteiger partial charge in [0.1, 0.15) is 30.3 Å². The summed E-state index contributed by atoms with van der Waals surface area (Å²) in [6, 6.07) is 22.7. The first kappa shape index (κ1) is 36.8. The normalized spacial score (nSPS) is 22.7. The van der Waals surface area contributed by atoms with Gasteiger partial charge < -0.3 is 25.0 Å². The maximum Gasteiger partial charge on any atom is 0.262 e. The standard InChI is InChI=1S/C44H47N7O6/c1-43(2,27-3-8-32(9-4-27)56-24-30-15-18-46-42(48-30)50-19-16-44(17-20-50)25-45-26-44)28-5-10-33(11-6-28)57-34-21-31(22-34)47-29-7-12-35-36(23-29)41(55)51(40(35)54)37-13-14-38(52)49-39(37)53/h3-12,15,18,23,31,34,37,45,47H,13-14,16-17,19-22,24-26H2,1-2H3,(H,49,52,53)/t31-,34+,37?. The van der Waals surface area contributed by atoms with Crippen LogP contribution in [-0.4, -0.2) is 82.9 Å². The molecule has 13 heteroatoms. The highest BCUT2D eigenvalue weighted by Gasteiger charge is 2.45. The number of fused-ring (bicyclic) bond motifs is 1. The maximum atomic E-state index is 13.2. The molecule has 5 heterocycles. The molecule has 294 valence electrons. The molecule has 9 rings (SSSR count). The molecule has 3 saturated heterocycles. The summed E-state index contributed by atoms with van der Waals surface area (Å²) >= 11 is 0. The van der Waals surface area contributed by atoms with Crippen LogP contribution >= 0.6 is 0 Å². The van der Waals surface area contributed by atoms with Gasteiger partial charge in [0.2, 0.25) is 17.8 Å². The summed E-state index contributed by atoms with van der Waals surface area (Å²) in [6.07, 6.45) is 6.01. The second-order valence-corrected chi connectivity index (χ2v) is 16.7. The van der Waals surface area contributed by atoms with Gasteiger partial charge in [-0.1, -0.05) is 38.1 Å². The smallest absolute Gasteiger partial charge is 0.262 e. The largest absolute Gasteiger partial charge is 0.490 e. The van der Waals surface area contributed by atoms with E-state index in [0.717, 1.165) is 72.7 Å². The van der Waals surface area contributed by atoms with E-state index >= 15 is 0 Å².